The summed E-state index contributed by atoms with van der Waals surface area (Å²) in [6, 6.07) is 10.3. The first kappa shape index (κ1) is 15.0. The maximum Gasteiger partial charge on any atom is 0.0602 e. The standard InChI is InChI=1S/C17H26O/c1-3-5-12-17(18)16(9-4-2)14-13-15-10-7-6-8-11-15/h6-8,10-11,13-14,16-18H,3-5,9,12H2,1-2H3/b14-13+. The van der Waals surface area contributed by atoms with Crippen molar-refractivity contribution in [1.29, 1.82) is 0 Å². The Hall–Kier alpha value is -1.08. The molecule has 1 rings (SSSR count). The van der Waals surface area contributed by atoms with E-state index in [1.807, 2.05) is 18.2 Å². The average molecular weight is 246 g/mol. The summed E-state index contributed by atoms with van der Waals surface area (Å²) in [7, 11) is 0. The minimum atomic E-state index is -0.190. The van der Waals surface area contributed by atoms with Gasteiger partial charge in [0.1, 0.15) is 0 Å². The van der Waals surface area contributed by atoms with Gasteiger partial charge >= 0.3 is 0 Å². The van der Waals surface area contributed by atoms with Crippen molar-refractivity contribution in [2.24, 2.45) is 5.92 Å². The second kappa shape index (κ2) is 8.93. The van der Waals surface area contributed by atoms with E-state index in [9.17, 15) is 5.11 Å². The number of hydrogen-bond acceptors (Lipinski definition) is 1. The van der Waals surface area contributed by atoms with Gasteiger partial charge in [-0.1, -0.05) is 75.6 Å². The second-order valence-corrected chi connectivity index (χ2v) is 4.93. The van der Waals surface area contributed by atoms with E-state index in [2.05, 4.69) is 38.1 Å². The Morgan fingerprint density at radius 2 is 1.78 bits per heavy atom. The predicted octanol–water partition coefficient (Wildman–Crippen LogP) is 4.67. The Morgan fingerprint density at radius 3 is 2.39 bits per heavy atom. The Balaban J connectivity index is 2.59. The van der Waals surface area contributed by atoms with Crippen molar-refractivity contribution in [3.05, 3.63) is 42.0 Å². The minimum absolute atomic E-state index is 0.190. The van der Waals surface area contributed by atoms with Gasteiger partial charge in [0.05, 0.1) is 6.10 Å². The highest BCUT2D eigenvalue weighted by atomic mass is 16.3. The lowest BCUT2D eigenvalue weighted by molar-refractivity contribution is 0.114. The molecule has 0 saturated heterocycles. The summed E-state index contributed by atoms with van der Waals surface area (Å²) in [6.07, 6.45) is 9.49. The maximum atomic E-state index is 10.2. The van der Waals surface area contributed by atoms with Crippen molar-refractivity contribution in [1.82, 2.24) is 0 Å². The molecule has 0 fully saturated rings. The van der Waals surface area contributed by atoms with Crippen molar-refractivity contribution >= 4 is 6.08 Å². The summed E-state index contributed by atoms with van der Waals surface area (Å²) in [5.41, 5.74) is 1.21. The number of aliphatic hydroxyl groups excluding tert-OH is 1. The van der Waals surface area contributed by atoms with Crippen LogP contribution < -0.4 is 0 Å². The molecule has 0 radical (unpaired) electrons. The van der Waals surface area contributed by atoms with Gasteiger partial charge in [-0.3, -0.25) is 0 Å². The minimum Gasteiger partial charge on any atom is -0.393 e. The summed E-state index contributed by atoms with van der Waals surface area (Å²) in [5.74, 6) is 0.293. The van der Waals surface area contributed by atoms with Crippen LogP contribution in [0.4, 0.5) is 0 Å². The molecule has 0 saturated carbocycles. The van der Waals surface area contributed by atoms with E-state index < -0.39 is 0 Å². The molecule has 18 heavy (non-hydrogen) atoms. The fraction of sp³-hybridized carbons (Fsp3) is 0.529. The van der Waals surface area contributed by atoms with E-state index in [1.165, 1.54) is 5.56 Å². The molecule has 0 amide bonds. The Kier molecular flexibility index (Phi) is 7.43. The van der Waals surface area contributed by atoms with Crippen molar-refractivity contribution in [3.63, 3.8) is 0 Å². The van der Waals surface area contributed by atoms with Crippen LogP contribution in [0, 0.1) is 5.92 Å². The van der Waals surface area contributed by atoms with Crippen LogP contribution in [-0.4, -0.2) is 11.2 Å². The summed E-state index contributed by atoms with van der Waals surface area (Å²) in [5, 5.41) is 10.2. The lowest BCUT2D eigenvalue weighted by atomic mass is 9.92. The first-order valence-electron chi connectivity index (χ1n) is 7.19. The lowest BCUT2D eigenvalue weighted by Gasteiger charge is -2.19. The van der Waals surface area contributed by atoms with Gasteiger partial charge in [-0.2, -0.15) is 0 Å². The normalized spacial score (nSPS) is 14.8. The number of hydrogen-bond donors (Lipinski definition) is 1. The van der Waals surface area contributed by atoms with Crippen LogP contribution in [0.25, 0.3) is 6.08 Å². The fourth-order valence-electron chi connectivity index (χ4n) is 2.18. The average Bonchev–Trinajstić information content (AvgIpc) is 2.42. The van der Waals surface area contributed by atoms with E-state index in [0.717, 1.165) is 32.1 Å². The van der Waals surface area contributed by atoms with E-state index in [0.29, 0.717) is 5.92 Å². The van der Waals surface area contributed by atoms with Crippen LogP contribution in [0.15, 0.2) is 36.4 Å². The lowest BCUT2D eigenvalue weighted by Crippen LogP contribution is -2.18. The molecule has 1 nitrogen and oxygen atoms in total. The van der Waals surface area contributed by atoms with Crippen LogP contribution in [-0.2, 0) is 0 Å². The smallest absolute Gasteiger partial charge is 0.0602 e. The molecule has 0 bridgehead atoms. The van der Waals surface area contributed by atoms with Crippen LogP contribution >= 0.6 is 0 Å². The molecule has 1 aromatic carbocycles. The molecule has 0 spiro atoms. The van der Waals surface area contributed by atoms with Crippen molar-refractivity contribution in [2.45, 2.75) is 52.1 Å². The fourth-order valence-corrected chi connectivity index (χ4v) is 2.18. The molecule has 1 heteroatoms. The maximum absolute atomic E-state index is 10.2. The summed E-state index contributed by atoms with van der Waals surface area (Å²) < 4.78 is 0. The third-order valence-electron chi connectivity index (χ3n) is 3.31. The van der Waals surface area contributed by atoms with Gasteiger partial charge < -0.3 is 5.11 Å². The molecule has 2 atom stereocenters. The molecule has 0 heterocycles. The SMILES string of the molecule is CCCCC(O)C(/C=C/c1ccccc1)CCC. The monoisotopic (exact) mass is 246 g/mol. The van der Waals surface area contributed by atoms with Gasteiger partial charge in [0.2, 0.25) is 0 Å². The first-order valence-corrected chi connectivity index (χ1v) is 7.19. The number of benzene rings is 1. The third kappa shape index (κ3) is 5.50. The van der Waals surface area contributed by atoms with E-state index in [1.54, 1.807) is 0 Å². The largest absolute Gasteiger partial charge is 0.393 e. The molecule has 0 aliphatic heterocycles. The molecule has 0 aliphatic carbocycles. The van der Waals surface area contributed by atoms with Gasteiger partial charge in [0, 0.05) is 5.92 Å². The molecular weight excluding hydrogens is 220 g/mol. The number of aliphatic hydroxyl groups is 1. The molecular formula is C17H26O. The van der Waals surface area contributed by atoms with Gasteiger partial charge in [-0.05, 0) is 18.4 Å². The van der Waals surface area contributed by atoms with E-state index >= 15 is 0 Å². The predicted molar refractivity (Wildman–Crippen MR) is 79.4 cm³/mol. The Bertz CT molecular complexity index is 329. The third-order valence-corrected chi connectivity index (χ3v) is 3.31. The highest BCUT2D eigenvalue weighted by Gasteiger charge is 2.14. The van der Waals surface area contributed by atoms with Crippen molar-refractivity contribution < 1.29 is 5.11 Å². The quantitative estimate of drug-likeness (QED) is 0.707. The van der Waals surface area contributed by atoms with Crippen LogP contribution in [0.2, 0.25) is 0 Å². The van der Waals surface area contributed by atoms with Crippen LogP contribution in [0.5, 0.6) is 0 Å². The topological polar surface area (TPSA) is 20.2 Å². The molecule has 0 aromatic heterocycles. The van der Waals surface area contributed by atoms with E-state index in [4.69, 9.17) is 0 Å². The zero-order chi connectivity index (χ0) is 13.2. The van der Waals surface area contributed by atoms with Gasteiger partial charge in [-0.15, -0.1) is 0 Å². The van der Waals surface area contributed by atoms with Crippen molar-refractivity contribution in [2.75, 3.05) is 0 Å². The molecule has 1 aromatic rings. The molecule has 0 aliphatic rings. The number of rotatable bonds is 8. The van der Waals surface area contributed by atoms with E-state index in [-0.39, 0.29) is 6.10 Å². The first-order chi connectivity index (χ1) is 8.77. The number of unbranched alkanes of at least 4 members (excludes halogenated alkanes) is 1. The Morgan fingerprint density at radius 1 is 1.06 bits per heavy atom. The van der Waals surface area contributed by atoms with Crippen LogP contribution in [0.1, 0.15) is 51.5 Å². The Labute approximate surface area is 112 Å². The summed E-state index contributed by atoms with van der Waals surface area (Å²) in [4.78, 5) is 0. The van der Waals surface area contributed by atoms with Crippen molar-refractivity contribution in [3.8, 4) is 0 Å². The summed E-state index contributed by atoms with van der Waals surface area (Å²) >= 11 is 0. The van der Waals surface area contributed by atoms with Gasteiger partial charge in [0.15, 0.2) is 0 Å². The zero-order valence-corrected chi connectivity index (χ0v) is 11.7. The summed E-state index contributed by atoms with van der Waals surface area (Å²) in [6.45, 7) is 4.34. The molecule has 100 valence electrons. The van der Waals surface area contributed by atoms with Gasteiger partial charge in [0.25, 0.3) is 0 Å². The zero-order valence-electron chi connectivity index (χ0n) is 11.7. The molecule has 1 N–H and O–H groups in total. The second-order valence-electron chi connectivity index (χ2n) is 4.93. The van der Waals surface area contributed by atoms with Gasteiger partial charge in [-0.25, -0.2) is 0 Å². The van der Waals surface area contributed by atoms with Crippen LogP contribution in [0.3, 0.4) is 0 Å². The molecule has 2 unspecified atom stereocenters. The highest BCUT2D eigenvalue weighted by Crippen LogP contribution is 2.19. The highest BCUT2D eigenvalue weighted by molar-refractivity contribution is 5.49.